The smallest absolute Gasteiger partial charge is 0.119 e. The zero-order valence-corrected chi connectivity index (χ0v) is 16.3. The van der Waals surface area contributed by atoms with E-state index in [0.29, 0.717) is 23.3 Å². The third-order valence-electron chi connectivity index (χ3n) is 4.83. The molecule has 0 aromatic heterocycles. The Hall–Kier alpha value is -1.58. The van der Waals surface area contributed by atoms with Gasteiger partial charge in [-0.15, -0.1) is 0 Å². The van der Waals surface area contributed by atoms with E-state index in [0.717, 1.165) is 33.4 Å². The van der Waals surface area contributed by atoms with Crippen LogP contribution in [0.3, 0.4) is 0 Å². The number of ether oxygens (including phenoxy) is 2. The van der Waals surface area contributed by atoms with Crippen LogP contribution in [0.15, 0.2) is 46.5 Å². The molecule has 0 amide bonds. The summed E-state index contributed by atoms with van der Waals surface area (Å²) in [4.78, 5) is 0. The average molecular weight is 387 g/mol. The summed E-state index contributed by atoms with van der Waals surface area (Å²) in [6.45, 7) is 5.12. The third-order valence-corrected chi connectivity index (χ3v) is 5.44. The third kappa shape index (κ3) is 2.82. The van der Waals surface area contributed by atoms with Crippen LogP contribution in [-0.4, -0.2) is 13.2 Å². The van der Waals surface area contributed by atoms with Crippen molar-refractivity contribution in [2.45, 2.75) is 26.1 Å². The van der Waals surface area contributed by atoms with E-state index in [1.807, 2.05) is 38.1 Å². The summed E-state index contributed by atoms with van der Waals surface area (Å²) < 4.78 is 12.0. The molecule has 2 aromatic carbocycles. The van der Waals surface area contributed by atoms with Crippen LogP contribution in [0.2, 0.25) is 0 Å². The van der Waals surface area contributed by atoms with Gasteiger partial charge in [-0.05, 0) is 59.4 Å². The van der Waals surface area contributed by atoms with Crippen LogP contribution in [-0.2, 0) is 9.47 Å². The van der Waals surface area contributed by atoms with Gasteiger partial charge in [-0.3, -0.25) is 0 Å². The molecule has 4 rings (SSSR count). The first-order valence-corrected chi connectivity index (χ1v) is 9.64. The molecular weight excluding hydrogens is 367 g/mol. The van der Waals surface area contributed by atoms with Crippen molar-refractivity contribution >= 4 is 35.4 Å². The lowest BCUT2D eigenvalue weighted by Crippen LogP contribution is -2.10. The molecule has 0 radical (unpaired) electrons. The van der Waals surface area contributed by atoms with Crippen LogP contribution in [0.4, 0.5) is 0 Å². The Morgan fingerprint density at radius 1 is 0.731 bits per heavy atom. The predicted molar refractivity (Wildman–Crippen MR) is 108 cm³/mol. The first kappa shape index (κ1) is 17.8. The maximum Gasteiger partial charge on any atom is 0.119 e. The van der Waals surface area contributed by atoms with Crippen molar-refractivity contribution in [2.24, 2.45) is 0 Å². The molecule has 0 saturated carbocycles. The highest BCUT2D eigenvalue weighted by molar-refractivity contribution is 6.33. The summed E-state index contributed by atoms with van der Waals surface area (Å²) in [5.74, 6) is 0. The molecule has 2 aliphatic rings. The Morgan fingerprint density at radius 2 is 1.19 bits per heavy atom. The van der Waals surface area contributed by atoms with E-state index in [4.69, 9.17) is 32.7 Å². The van der Waals surface area contributed by atoms with Gasteiger partial charge in [0.05, 0.1) is 10.1 Å². The van der Waals surface area contributed by atoms with Crippen LogP contribution in [0.1, 0.15) is 48.3 Å². The fourth-order valence-electron chi connectivity index (χ4n) is 3.85. The van der Waals surface area contributed by atoms with Gasteiger partial charge in [0.25, 0.3) is 0 Å². The van der Waals surface area contributed by atoms with Crippen molar-refractivity contribution in [3.8, 4) is 11.1 Å². The minimum Gasteiger partial charge on any atom is -0.368 e. The van der Waals surface area contributed by atoms with Crippen molar-refractivity contribution in [3.05, 3.63) is 68.7 Å². The number of halogens is 2. The summed E-state index contributed by atoms with van der Waals surface area (Å²) in [5.41, 5.74) is 6.51. The largest absolute Gasteiger partial charge is 0.368 e. The summed E-state index contributed by atoms with van der Waals surface area (Å²) in [6.07, 6.45) is 3.42. The SMILES string of the molecule is CCOC1C(Cl)=Cc2cccc3c2-c2c1cccc2C(OCC)C(Cl)=C3. The van der Waals surface area contributed by atoms with Gasteiger partial charge in [-0.2, -0.15) is 0 Å². The van der Waals surface area contributed by atoms with Crippen molar-refractivity contribution in [3.63, 3.8) is 0 Å². The molecule has 2 unspecified atom stereocenters. The highest BCUT2D eigenvalue weighted by atomic mass is 35.5. The van der Waals surface area contributed by atoms with E-state index in [2.05, 4.69) is 24.3 Å². The number of hydrogen-bond acceptors (Lipinski definition) is 2. The van der Waals surface area contributed by atoms with Crippen molar-refractivity contribution in [2.75, 3.05) is 13.2 Å². The maximum absolute atomic E-state index is 6.68. The molecule has 134 valence electrons. The highest BCUT2D eigenvalue weighted by Gasteiger charge is 2.32. The lowest BCUT2D eigenvalue weighted by atomic mass is 9.88. The van der Waals surface area contributed by atoms with E-state index in [9.17, 15) is 0 Å². The van der Waals surface area contributed by atoms with Crippen LogP contribution < -0.4 is 0 Å². The maximum atomic E-state index is 6.68. The molecule has 2 nitrogen and oxygen atoms in total. The molecule has 2 aromatic rings. The molecule has 4 heteroatoms. The number of benzene rings is 2. The Labute approximate surface area is 164 Å². The van der Waals surface area contributed by atoms with Gasteiger partial charge < -0.3 is 9.47 Å². The number of hydrogen-bond donors (Lipinski definition) is 0. The van der Waals surface area contributed by atoms with E-state index < -0.39 is 0 Å². The Kier molecular flexibility index (Phi) is 4.94. The van der Waals surface area contributed by atoms with Gasteiger partial charge in [0.1, 0.15) is 12.2 Å². The van der Waals surface area contributed by atoms with Gasteiger partial charge in [0.15, 0.2) is 0 Å². The van der Waals surface area contributed by atoms with E-state index in [1.54, 1.807) is 0 Å². The van der Waals surface area contributed by atoms with Crippen molar-refractivity contribution in [1.29, 1.82) is 0 Å². The van der Waals surface area contributed by atoms with E-state index in [1.165, 1.54) is 0 Å². The van der Waals surface area contributed by atoms with Gasteiger partial charge in [0.2, 0.25) is 0 Å². The minimum absolute atomic E-state index is 0.295. The average Bonchev–Trinajstić information content (AvgIpc) is 2.83. The topological polar surface area (TPSA) is 18.5 Å². The van der Waals surface area contributed by atoms with Crippen molar-refractivity contribution in [1.82, 2.24) is 0 Å². The molecule has 0 saturated heterocycles. The summed E-state index contributed by atoms with van der Waals surface area (Å²) in [5, 5.41) is 1.37. The fraction of sp³-hybridized carbons (Fsp3) is 0.273. The van der Waals surface area contributed by atoms with Crippen LogP contribution in [0.25, 0.3) is 23.3 Å². The quantitative estimate of drug-likeness (QED) is 0.582. The molecule has 0 heterocycles. The number of rotatable bonds is 4. The first-order chi connectivity index (χ1) is 12.7. The molecule has 0 spiro atoms. The summed E-state index contributed by atoms with van der Waals surface area (Å²) in [7, 11) is 0. The lowest BCUT2D eigenvalue weighted by molar-refractivity contribution is 0.0907. The monoisotopic (exact) mass is 386 g/mol. The Morgan fingerprint density at radius 3 is 1.65 bits per heavy atom. The lowest BCUT2D eigenvalue weighted by Gasteiger charge is -2.24. The van der Waals surface area contributed by atoms with Gasteiger partial charge in [-0.25, -0.2) is 0 Å². The normalized spacial score (nSPS) is 20.6. The van der Waals surface area contributed by atoms with Gasteiger partial charge in [0, 0.05) is 13.2 Å². The Balaban J connectivity index is 2.10. The summed E-state index contributed by atoms with van der Waals surface area (Å²) >= 11 is 13.4. The molecule has 0 bridgehead atoms. The molecule has 0 aliphatic heterocycles. The zero-order chi connectivity index (χ0) is 18.3. The molecule has 0 N–H and O–H groups in total. The second-order valence-corrected chi connectivity index (χ2v) is 7.23. The molecule has 2 atom stereocenters. The van der Waals surface area contributed by atoms with Gasteiger partial charge in [-0.1, -0.05) is 59.6 Å². The van der Waals surface area contributed by atoms with Crippen LogP contribution >= 0.6 is 23.2 Å². The summed E-state index contributed by atoms with van der Waals surface area (Å²) in [6, 6.07) is 12.4. The van der Waals surface area contributed by atoms with E-state index in [-0.39, 0.29) is 12.2 Å². The van der Waals surface area contributed by atoms with Crippen LogP contribution in [0, 0.1) is 0 Å². The zero-order valence-electron chi connectivity index (χ0n) is 14.8. The molecule has 26 heavy (non-hydrogen) atoms. The van der Waals surface area contributed by atoms with Crippen LogP contribution in [0.5, 0.6) is 0 Å². The molecule has 0 fully saturated rings. The molecular formula is C22H20Cl2O2. The first-order valence-electron chi connectivity index (χ1n) is 8.89. The fourth-order valence-corrected chi connectivity index (χ4v) is 4.45. The highest BCUT2D eigenvalue weighted by Crippen LogP contribution is 2.50. The standard InChI is InChI=1S/C22H20Cl2O2/c1-3-25-21-15-9-6-10-16-20(15)19-13(11-17(21)23)7-5-8-14(19)12-18(24)22(16)26-4-2/h5-12,21-22H,3-4H2,1-2H3. The molecule has 2 aliphatic carbocycles. The van der Waals surface area contributed by atoms with Gasteiger partial charge >= 0.3 is 0 Å². The Bertz CT molecular complexity index is 848. The van der Waals surface area contributed by atoms with Crippen molar-refractivity contribution < 1.29 is 9.47 Å². The second-order valence-electron chi connectivity index (χ2n) is 6.35. The van der Waals surface area contributed by atoms with E-state index >= 15 is 0 Å². The second kappa shape index (κ2) is 7.21. The predicted octanol–water partition coefficient (Wildman–Crippen LogP) is 6.70. The minimum atomic E-state index is -0.295.